The Morgan fingerprint density at radius 1 is 1.14 bits per heavy atom. The van der Waals surface area contributed by atoms with Gasteiger partial charge < -0.3 is 19.9 Å². The maximum Gasteiger partial charge on any atom is 0.163 e. The van der Waals surface area contributed by atoms with Gasteiger partial charge >= 0.3 is 0 Å². The first kappa shape index (κ1) is 25.2. The van der Waals surface area contributed by atoms with Gasteiger partial charge in [-0.25, -0.2) is 24.1 Å². The highest BCUT2D eigenvalue weighted by molar-refractivity contribution is 7.92. The van der Waals surface area contributed by atoms with E-state index in [2.05, 4.69) is 14.6 Å². The number of fused-ring (bicyclic) bond motifs is 1. The molecule has 1 atom stereocenters. The fourth-order valence-electron chi connectivity index (χ4n) is 4.42. The SMILES string of the molecule is CCC[S+]([O-])Nc1cccc(-c2cc(C)c3nc(-c4ccc(N)nc4)nc(N4CCOCC4)c3c2)c1F. The van der Waals surface area contributed by atoms with E-state index in [4.69, 9.17) is 20.4 Å². The van der Waals surface area contributed by atoms with Crippen LogP contribution in [0.25, 0.3) is 33.4 Å². The topological polar surface area (TPSA) is 112 Å². The number of anilines is 3. The number of pyridine rings is 1. The number of nitrogen functional groups attached to an aromatic ring is 1. The summed E-state index contributed by atoms with van der Waals surface area (Å²) in [6.45, 7) is 6.47. The van der Waals surface area contributed by atoms with E-state index in [1.807, 2.05) is 32.0 Å². The van der Waals surface area contributed by atoms with E-state index in [9.17, 15) is 4.55 Å². The molecule has 5 rings (SSSR count). The lowest BCUT2D eigenvalue weighted by Gasteiger charge is -2.29. The highest BCUT2D eigenvalue weighted by atomic mass is 32.2. The van der Waals surface area contributed by atoms with Crippen molar-refractivity contribution in [3.05, 3.63) is 60.0 Å². The summed E-state index contributed by atoms with van der Waals surface area (Å²) >= 11 is -1.34. The van der Waals surface area contributed by atoms with Crippen LogP contribution in [-0.2, 0) is 16.1 Å². The number of hydrogen-bond donors (Lipinski definition) is 2. The molecule has 1 unspecified atom stereocenters. The van der Waals surface area contributed by atoms with E-state index in [-0.39, 0.29) is 5.69 Å². The maximum atomic E-state index is 15.6. The third-order valence-corrected chi connectivity index (χ3v) is 7.48. The van der Waals surface area contributed by atoms with Gasteiger partial charge in [0.25, 0.3) is 0 Å². The highest BCUT2D eigenvalue weighted by Gasteiger charge is 2.21. The van der Waals surface area contributed by atoms with Gasteiger partial charge in [-0.1, -0.05) is 19.1 Å². The molecule has 3 N–H and O–H groups in total. The van der Waals surface area contributed by atoms with E-state index >= 15 is 4.39 Å². The van der Waals surface area contributed by atoms with Crippen LogP contribution in [0, 0.1) is 12.7 Å². The molecule has 0 amide bonds. The zero-order valence-electron chi connectivity index (χ0n) is 20.8. The standard InChI is InChI=1S/C27H29FN6O2S/c1-3-13-37(35)33-22-6-4-5-20(24(22)28)19-14-17(2)25-21(15-19)27(34-9-11-36-12-10-34)32-26(31-25)18-7-8-23(29)30-16-18/h4-8,14-16,33H,3,9-13H2,1-2H3,(H2,29,30). The van der Waals surface area contributed by atoms with Gasteiger partial charge in [0.2, 0.25) is 0 Å². The van der Waals surface area contributed by atoms with Crippen LogP contribution in [0.4, 0.5) is 21.7 Å². The molecule has 37 heavy (non-hydrogen) atoms. The van der Waals surface area contributed by atoms with Gasteiger partial charge in [0.1, 0.15) is 23.1 Å². The number of nitrogens with zero attached hydrogens (tertiary/aromatic N) is 4. The Balaban J connectivity index is 1.65. The Labute approximate surface area is 218 Å². The van der Waals surface area contributed by atoms with Gasteiger partial charge in [-0.15, -0.1) is 0 Å². The van der Waals surface area contributed by atoms with Crippen molar-refractivity contribution >= 4 is 39.6 Å². The number of nitrogens with one attached hydrogen (secondary N) is 1. The smallest absolute Gasteiger partial charge is 0.163 e. The zero-order valence-corrected chi connectivity index (χ0v) is 21.6. The van der Waals surface area contributed by atoms with Crippen LogP contribution >= 0.6 is 0 Å². The first-order valence-corrected chi connectivity index (χ1v) is 13.6. The third kappa shape index (κ3) is 5.31. The molecule has 0 spiro atoms. The summed E-state index contributed by atoms with van der Waals surface area (Å²) in [7, 11) is 0. The highest BCUT2D eigenvalue weighted by Crippen LogP contribution is 2.36. The fraction of sp³-hybridized carbons (Fsp3) is 0.296. The van der Waals surface area contributed by atoms with Crippen LogP contribution < -0.4 is 15.4 Å². The first-order valence-electron chi connectivity index (χ1n) is 12.3. The first-order chi connectivity index (χ1) is 17.9. The summed E-state index contributed by atoms with van der Waals surface area (Å²) in [6.07, 6.45) is 2.41. The molecule has 1 aliphatic rings. The Morgan fingerprint density at radius 3 is 2.68 bits per heavy atom. The molecule has 0 saturated carbocycles. The Kier molecular flexibility index (Phi) is 7.40. The molecule has 2 aromatic carbocycles. The van der Waals surface area contributed by atoms with Gasteiger partial charge in [0.05, 0.1) is 30.1 Å². The second-order valence-corrected chi connectivity index (χ2v) is 10.3. The van der Waals surface area contributed by atoms with Crippen LogP contribution in [0.5, 0.6) is 0 Å². The molecule has 192 valence electrons. The summed E-state index contributed by atoms with van der Waals surface area (Å²) in [5.41, 5.74) is 9.55. The Hall–Kier alpha value is -3.47. The number of nitrogens with two attached hydrogens (primary N) is 1. The van der Waals surface area contributed by atoms with Crippen molar-refractivity contribution in [2.45, 2.75) is 20.3 Å². The average molecular weight is 521 g/mol. The second-order valence-electron chi connectivity index (χ2n) is 8.95. The molecule has 8 nitrogen and oxygen atoms in total. The number of morpholine rings is 1. The van der Waals surface area contributed by atoms with Crippen molar-refractivity contribution in [1.82, 2.24) is 15.0 Å². The lowest BCUT2D eigenvalue weighted by Crippen LogP contribution is -2.37. The molecule has 2 aromatic heterocycles. The van der Waals surface area contributed by atoms with Crippen LogP contribution in [0.3, 0.4) is 0 Å². The molecular weight excluding hydrogens is 491 g/mol. The minimum absolute atomic E-state index is 0.220. The Bertz CT molecular complexity index is 1410. The quantitative estimate of drug-likeness (QED) is 0.337. The maximum absolute atomic E-state index is 15.6. The molecule has 1 aliphatic heterocycles. The van der Waals surface area contributed by atoms with Crippen molar-refractivity contribution in [2.75, 3.05) is 47.4 Å². The summed E-state index contributed by atoms with van der Waals surface area (Å²) < 4.78 is 36.2. The molecule has 0 bridgehead atoms. The molecule has 1 fully saturated rings. The molecule has 10 heteroatoms. The van der Waals surface area contributed by atoms with Crippen molar-refractivity contribution in [3.63, 3.8) is 0 Å². The largest absolute Gasteiger partial charge is 0.593 e. The Morgan fingerprint density at radius 2 is 1.95 bits per heavy atom. The molecule has 1 saturated heterocycles. The predicted molar refractivity (Wildman–Crippen MR) is 147 cm³/mol. The number of aryl methyl sites for hydroxylation is 1. The average Bonchev–Trinajstić information content (AvgIpc) is 2.90. The molecule has 4 aromatic rings. The monoisotopic (exact) mass is 520 g/mol. The van der Waals surface area contributed by atoms with Crippen LogP contribution in [-0.4, -0.2) is 51.6 Å². The summed E-state index contributed by atoms with van der Waals surface area (Å²) in [4.78, 5) is 16.2. The van der Waals surface area contributed by atoms with E-state index in [1.54, 1.807) is 30.5 Å². The number of benzene rings is 2. The van der Waals surface area contributed by atoms with Crippen molar-refractivity contribution in [2.24, 2.45) is 0 Å². The normalized spacial score (nSPS) is 14.6. The van der Waals surface area contributed by atoms with E-state index in [1.165, 1.54) is 0 Å². The number of ether oxygens (including phenoxy) is 1. The third-order valence-electron chi connectivity index (χ3n) is 6.25. The molecule has 0 aliphatic carbocycles. The molecule has 0 radical (unpaired) electrons. The second kappa shape index (κ2) is 10.9. The summed E-state index contributed by atoms with van der Waals surface area (Å²) in [5.74, 6) is 1.75. The van der Waals surface area contributed by atoms with Crippen molar-refractivity contribution < 1.29 is 13.7 Å². The summed E-state index contributed by atoms with van der Waals surface area (Å²) in [6, 6.07) is 12.5. The van der Waals surface area contributed by atoms with Crippen molar-refractivity contribution in [1.29, 1.82) is 0 Å². The zero-order chi connectivity index (χ0) is 25.9. The number of aromatic nitrogens is 3. The van der Waals surface area contributed by atoms with Gasteiger partial charge in [-0.05, 0) is 54.8 Å². The van der Waals surface area contributed by atoms with Crippen LogP contribution in [0.1, 0.15) is 18.9 Å². The minimum Gasteiger partial charge on any atom is -0.593 e. The summed E-state index contributed by atoms with van der Waals surface area (Å²) in [5, 5.41) is 0.830. The lowest BCUT2D eigenvalue weighted by atomic mass is 9.99. The fourth-order valence-corrected chi connectivity index (χ4v) is 5.30. The van der Waals surface area contributed by atoms with E-state index in [0.29, 0.717) is 54.8 Å². The number of hydrogen-bond acceptors (Lipinski definition) is 8. The van der Waals surface area contributed by atoms with Crippen LogP contribution in [0.2, 0.25) is 0 Å². The van der Waals surface area contributed by atoms with Gasteiger partial charge in [0.15, 0.2) is 11.6 Å². The minimum atomic E-state index is -1.34. The van der Waals surface area contributed by atoms with Gasteiger partial charge in [-0.2, -0.15) is 0 Å². The molecular formula is C27H29FN6O2S. The van der Waals surface area contributed by atoms with Crippen LogP contribution in [0.15, 0.2) is 48.7 Å². The van der Waals surface area contributed by atoms with Crippen molar-refractivity contribution in [3.8, 4) is 22.5 Å². The number of rotatable bonds is 7. The predicted octanol–water partition coefficient (Wildman–Crippen LogP) is 4.71. The lowest BCUT2D eigenvalue weighted by molar-refractivity contribution is 0.122. The van der Waals surface area contributed by atoms with E-state index < -0.39 is 17.2 Å². The number of halogens is 1. The van der Waals surface area contributed by atoms with Gasteiger partial charge in [-0.3, -0.25) is 0 Å². The van der Waals surface area contributed by atoms with E-state index in [0.717, 1.165) is 34.3 Å². The molecule has 3 heterocycles. The van der Waals surface area contributed by atoms with Gasteiger partial charge in [0, 0.05) is 35.8 Å².